The lowest BCUT2D eigenvalue weighted by molar-refractivity contribution is -0.151. The van der Waals surface area contributed by atoms with Gasteiger partial charge in [0.1, 0.15) is 17.6 Å². The van der Waals surface area contributed by atoms with Crippen LogP contribution in [-0.4, -0.2) is 52.2 Å². The van der Waals surface area contributed by atoms with Crippen molar-refractivity contribution in [1.29, 1.82) is 0 Å². The number of hydrogen-bond donors (Lipinski definition) is 3. The van der Waals surface area contributed by atoms with E-state index in [-0.39, 0.29) is 46.8 Å². The molecule has 0 saturated carbocycles. The molecule has 1 amide bonds. The number of halogens is 2. The Kier molecular flexibility index (Phi) is 5.34. The van der Waals surface area contributed by atoms with Crippen LogP contribution < -0.4 is 5.32 Å². The van der Waals surface area contributed by atoms with Crippen molar-refractivity contribution < 1.29 is 28.9 Å². The molecule has 2 fully saturated rings. The van der Waals surface area contributed by atoms with E-state index in [0.717, 1.165) is 6.42 Å². The number of ether oxygens (including phenoxy) is 1. The van der Waals surface area contributed by atoms with E-state index >= 15 is 0 Å². The first-order chi connectivity index (χ1) is 14.2. The van der Waals surface area contributed by atoms with Crippen LogP contribution in [0, 0.1) is 11.2 Å². The fraction of sp³-hybridized carbons (Fsp3) is 0.429. The van der Waals surface area contributed by atoms with Gasteiger partial charge >= 0.3 is 0 Å². The first-order valence-electron chi connectivity index (χ1n) is 9.71. The standard InChI is InChI=1S/C21H22ClFN2O5/c1-21-6-3-7-30-14(21)10-25-9-12(17(26)18(27)16(25)19(21)28)20(29)24-8-11-4-2-5-13(22)15(11)23/h2,4-5,9,14,17,26-27H,3,6-8,10H2,1H3,(H,24,29)/t14-,17?,21+/m1/s1. The zero-order valence-corrected chi connectivity index (χ0v) is 17.1. The van der Waals surface area contributed by atoms with Crippen LogP contribution in [0.3, 0.4) is 0 Å². The number of carbonyl (C=O) groups excluding carboxylic acids is 2. The van der Waals surface area contributed by atoms with E-state index in [0.29, 0.717) is 13.0 Å². The maximum atomic E-state index is 14.0. The minimum absolute atomic E-state index is 0.0100. The molecule has 0 spiro atoms. The van der Waals surface area contributed by atoms with Gasteiger partial charge in [0.2, 0.25) is 0 Å². The van der Waals surface area contributed by atoms with Crippen LogP contribution >= 0.6 is 11.6 Å². The Hall–Kier alpha value is -2.42. The monoisotopic (exact) mass is 436 g/mol. The maximum absolute atomic E-state index is 14.0. The Morgan fingerprint density at radius 2 is 2.23 bits per heavy atom. The van der Waals surface area contributed by atoms with Crippen LogP contribution in [0.15, 0.2) is 41.4 Å². The summed E-state index contributed by atoms with van der Waals surface area (Å²) in [6.07, 6.45) is 0.665. The van der Waals surface area contributed by atoms with E-state index in [1.807, 2.05) is 0 Å². The fourth-order valence-electron chi connectivity index (χ4n) is 4.24. The number of hydrogen-bond acceptors (Lipinski definition) is 6. The molecule has 3 atom stereocenters. The van der Waals surface area contributed by atoms with Crippen LogP contribution in [0.5, 0.6) is 0 Å². The quantitative estimate of drug-likeness (QED) is 0.671. The number of benzene rings is 1. The van der Waals surface area contributed by atoms with Crippen LogP contribution in [0.4, 0.5) is 4.39 Å². The second-order valence-electron chi connectivity index (χ2n) is 7.98. The number of nitrogens with zero attached hydrogens (tertiary/aromatic N) is 1. The normalized spacial score (nSPS) is 28.6. The smallest absolute Gasteiger partial charge is 0.252 e. The Labute approximate surface area is 177 Å². The zero-order valence-electron chi connectivity index (χ0n) is 16.3. The minimum Gasteiger partial charge on any atom is -0.507 e. The number of Topliss-reactive ketones (excluding diaryl/α,β-unsaturated/α-hetero) is 1. The van der Waals surface area contributed by atoms with Gasteiger partial charge in [-0.25, -0.2) is 4.39 Å². The number of ketones is 1. The van der Waals surface area contributed by atoms with Crippen LogP contribution in [-0.2, 0) is 20.9 Å². The van der Waals surface area contributed by atoms with E-state index in [1.165, 1.54) is 23.2 Å². The molecule has 3 N–H and O–H groups in total. The van der Waals surface area contributed by atoms with Crippen molar-refractivity contribution in [2.45, 2.75) is 38.5 Å². The van der Waals surface area contributed by atoms with E-state index < -0.39 is 29.0 Å². The summed E-state index contributed by atoms with van der Waals surface area (Å²) in [5, 5.41) is 23.5. The zero-order chi connectivity index (χ0) is 21.6. The van der Waals surface area contributed by atoms with Crippen molar-refractivity contribution >= 4 is 23.3 Å². The van der Waals surface area contributed by atoms with E-state index in [4.69, 9.17) is 16.3 Å². The molecule has 160 valence electrons. The van der Waals surface area contributed by atoms with E-state index in [9.17, 15) is 24.2 Å². The van der Waals surface area contributed by atoms with Gasteiger partial charge in [-0.15, -0.1) is 0 Å². The number of aliphatic hydroxyl groups is 2. The van der Waals surface area contributed by atoms with Crippen LogP contribution in [0.25, 0.3) is 0 Å². The topological polar surface area (TPSA) is 99.1 Å². The van der Waals surface area contributed by atoms with Gasteiger partial charge in [-0.3, -0.25) is 9.59 Å². The van der Waals surface area contributed by atoms with Crippen LogP contribution in [0.2, 0.25) is 5.02 Å². The van der Waals surface area contributed by atoms with Gasteiger partial charge in [0.25, 0.3) is 5.91 Å². The molecule has 7 nitrogen and oxygen atoms in total. The summed E-state index contributed by atoms with van der Waals surface area (Å²) in [6.45, 7) is 2.45. The maximum Gasteiger partial charge on any atom is 0.252 e. The summed E-state index contributed by atoms with van der Waals surface area (Å²) in [4.78, 5) is 27.2. The third-order valence-corrected chi connectivity index (χ3v) is 6.37. The number of nitrogens with one attached hydrogen (secondary N) is 1. The molecule has 2 saturated heterocycles. The number of amides is 1. The summed E-state index contributed by atoms with van der Waals surface area (Å²) < 4.78 is 19.8. The first kappa shape index (κ1) is 20.8. The largest absolute Gasteiger partial charge is 0.507 e. The number of fused-ring (bicyclic) bond motifs is 2. The van der Waals surface area contributed by atoms with E-state index in [1.54, 1.807) is 13.0 Å². The minimum atomic E-state index is -1.66. The second kappa shape index (κ2) is 7.68. The summed E-state index contributed by atoms with van der Waals surface area (Å²) in [5.74, 6) is -2.21. The lowest BCUT2D eigenvalue weighted by Crippen LogP contribution is -2.58. The number of piperidine rings is 1. The summed E-state index contributed by atoms with van der Waals surface area (Å²) >= 11 is 5.75. The third-order valence-electron chi connectivity index (χ3n) is 6.08. The molecule has 3 aliphatic heterocycles. The highest BCUT2D eigenvalue weighted by Crippen LogP contribution is 2.44. The third kappa shape index (κ3) is 3.29. The molecule has 0 bridgehead atoms. The fourth-order valence-corrected chi connectivity index (χ4v) is 4.43. The Morgan fingerprint density at radius 3 is 3.00 bits per heavy atom. The van der Waals surface area contributed by atoms with Gasteiger partial charge in [0.15, 0.2) is 11.5 Å². The SMILES string of the molecule is C[C@]12CCCO[C@@H]1CN1C=C(C(=O)NCc3cccc(Cl)c3F)C(O)C(O)=C1C2=O. The number of rotatable bonds is 3. The Balaban J connectivity index is 1.56. The molecule has 0 aromatic heterocycles. The predicted octanol–water partition coefficient (Wildman–Crippen LogP) is 2.19. The lowest BCUT2D eigenvalue weighted by atomic mass is 9.70. The molecule has 0 radical (unpaired) electrons. The van der Waals surface area contributed by atoms with Gasteiger partial charge in [-0.05, 0) is 25.8 Å². The molecule has 3 aliphatic rings. The van der Waals surface area contributed by atoms with Crippen LogP contribution in [0.1, 0.15) is 25.3 Å². The van der Waals surface area contributed by atoms with Crippen molar-refractivity contribution in [2.24, 2.45) is 5.41 Å². The van der Waals surface area contributed by atoms with Crippen molar-refractivity contribution in [3.8, 4) is 0 Å². The van der Waals surface area contributed by atoms with Crippen molar-refractivity contribution in [3.63, 3.8) is 0 Å². The highest BCUT2D eigenvalue weighted by molar-refractivity contribution is 6.30. The first-order valence-corrected chi connectivity index (χ1v) is 10.1. The van der Waals surface area contributed by atoms with Gasteiger partial charge in [-0.2, -0.15) is 0 Å². The summed E-state index contributed by atoms with van der Waals surface area (Å²) in [6, 6.07) is 4.44. The Morgan fingerprint density at radius 1 is 1.47 bits per heavy atom. The molecule has 0 aliphatic carbocycles. The van der Waals surface area contributed by atoms with Gasteiger partial charge < -0.3 is 25.2 Å². The Bertz CT molecular complexity index is 978. The van der Waals surface area contributed by atoms with Gasteiger partial charge in [0, 0.05) is 24.9 Å². The number of carbonyl (C=O) groups is 2. The van der Waals surface area contributed by atoms with Crippen molar-refractivity contribution in [2.75, 3.05) is 13.2 Å². The summed E-state index contributed by atoms with van der Waals surface area (Å²) in [7, 11) is 0. The van der Waals surface area contributed by atoms with Gasteiger partial charge in [0.05, 0.1) is 28.7 Å². The highest BCUT2D eigenvalue weighted by Gasteiger charge is 2.53. The molecule has 30 heavy (non-hydrogen) atoms. The summed E-state index contributed by atoms with van der Waals surface area (Å²) in [5.41, 5.74) is -0.757. The second-order valence-corrected chi connectivity index (χ2v) is 8.39. The molecule has 1 aromatic rings. The van der Waals surface area contributed by atoms with Crippen molar-refractivity contribution in [3.05, 3.63) is 57.8 Å². The average molecular weight is 437 g/mol. The molecule has 1 unspecified atom stereocenters. The number of allylic oxidation sites excluding steroid dienone is 1. The molecule has 1 aromatic carbocycles. The highest BCUT2D eigenvalue weighted by atomic mass is 35.5. The lowest BCUT2D eigenvalue weighted by Gasteiger charge is -2.48. The predicted molar refractivity (Wildman–Crippen MR) is 106 cm³/mol. The molecular formula is C21H22ClFN2O5. The van der Waals surface area contributed by atoms with Crippen molar-refractivity contribution in [1.82, 2.24) is 10.2 Å². The number of aliphatic hydroxyl groups excluding tert-OH is 2. The average Bonchev–Trinajstić information content (AvgIpc) is 2.72. The molecular weight excluding hydrogens is 415 g/mol. The van der Waals surface area contributed by atoms with E-state index in [2.05, 4.69) is 5.32 Å². The van der Waals surface area contributed by atoms with Gasteiger partial charge in [-0.1, -0.05) is 23.7 Å². The molecule has 3 heterocycles. The molecule has 9 heteroatoms. The molecule has 4 rings (SSSR count).